The highest BCUT2D eigenvalue weighted by atomic mass is 32.1. The second-order valence-corrected chi connectivity index (χ2v) is 6.68. The van der Waals surface area contributed by atoms with Gasteiger partial charge in [-0.3, -0.25) is 4.79 Å². The number of nitrogens with zero attached hydrogens (tertiary/aromatic N) is 1. The van der Waals surface area contributed by atoms with Crippen LogP contribution in [0, 0.1) is 18.3 Å². The fraction of sp³-hybridized carbons (Fsp3) is 0.158. The number of hydrogen-bond donors (Lipinski definition) is 1. The molecule has 2 aromatic heterocycles. The summed E-state index contributed by atoms with van der Waals surface area (Å²) in [7, 11) is 3.11. The van der Waals surface area contributed by atoms with E-state index in [4.69, 9.17) is 9.47 Å². The van der Waals surface area contributed by atoms with Gasteiger partial charge in [-0.25, -0.2) is 0 Å². The van der Waals surface area contributed by atoms with Crippen LogP contribution in [0.5, 0.6) is 11.5 Å². The quantitative estimate of drug-likeness (QED) is 0.771. The van der Waals surface area contributed by atoms with Crippen LogP contribution in [-0.2, 0) is 0 Å². The van der Waals surface area contributed by atoms with Gasteiger partial charge < -0.3 is 14.5 Å². The van der Waals surface area contributed by atoms with E-state index in [-0.39, 0.29) is 5.56 Å². The van der Waals surface area contributed by atoms with E-state index in [1.54, 1.807) is 43.8 Å². The van der Waals surface area contributed by atoms with Gasteiger partial charge in [-0.15, -0.1) is 11.3 Å². The van der Waals surface area contributed by atoms with Gasteiger partial charge >= 0.3 is 0 Å². The Morgan fingerprint density at radius 2 is 1.88 bits per heavy atom. The zero-order valence-corrected chi connectivity index (χ0v) is 14.9. The van der Waals surface area contributed by atoms with Gasteiger partial charge in [0.2, 0.25) is 0 Å². The minimum absolute atomic E-state index is 0.0450. The molecular weight excluding hydrogens is 336 g/mol. The Morgan fingerprint density at radius 1 is 1.08 bits per heavy atom. The molecule has 0 atom stereocenters. The van der Waals surface area contributed by atoms with Gasteiger partial charge in [0.25, 0.3) is 5.56 Å². The van der Waals surface area contributed by atoms with Crippen molar-refractivity contribution in [3.8, 4) is 39.3 Å². The molecular formula is C19H16N2O3S. The van der Waals surface area contributed by atoms with Crippen LogP contribution >= 0.6 is 11.3 Å². The molecule has 5 nitrogen and oxygen atoms in total. The van der Waals surface area contributed by atoms with Gasteiger partial charge in [0.05, 0.1) is 24.8 Å². The molecule has 0 unspecified atom stereocenters. The summed E-state index contributed by atoms with van der Waals surface area (Å²) in [6, 6.07) is 13.0. The highest BCUT2D eigenvalue weighted by molar-refractivity contribution is 7.15. The third kappa shape index (κ3) is 3.14. The number of thiophene rings is 1. The number of rotatable bonds is 4. The number of nitrogens with one attached hydrogen (secondary N) is 1. The third-order valence-corrected chi connectivity index (χ3v) is 4.88. The molecule has 126 valence electrons. The molecule has 1 aromatic carbocycles. The van der Waals surface area contributed by atoms with E-state index in [1.165, 1.54) is 0 Å². The molecule has 0 amide bonds. The minimum atomic E-state index is -0.425. The summed E-state index contributed by atoms with van der Waals surface area (Å²) >= 11 is 1.58. The van der Waals surface area contributed by atoms with Gasteiger partial charge in [-0.2, -0.15) is 5.26 Å². The highest BCUT2D eigenvalue weighted by Crippen LogP contribution is 2.36. The first-order chi connectivity index (χ1) is 12.1. The molecule has 0 aliphatic carbocycles. The Kier molecular flexibility index (Phi) is 4.59. The molecule has 0 saturated heterocycles. The molecule has 0 aliphatic rings. The monoisotopic (exact) mass is 352 g/mol. The predicted molar refractivity (Wildman–Crippen MR) is 98.4 cm³/mol. The van der Waals surface area contributed by atoms with E-state index in [9.17, 15) is 10.1 Å². The molecule has 6 heteroatoms. The number of aromatic amines is 1. The summed E-state index contributed by atoms with van der Waals surface area (Å²) in [5.41, 5.74) is 1.44. The van der Waals surface area contributed by atoms with E-state index in [0.29, 0.717) is 28.3 Å². The van der Waals surface area contributed by atoms with Gasteiger partial charge in [0.1, 0.15) is 23.1 Å². The molecule has 0 bridgehead atoms. The van der Waals surface area contributed by atoms with Crippen LogP contribution in [0.15, 0.2) is 41.2 Å². The number of methoxy groups -OCH3 is 2. The lowest BCUT2D eigenvalue weighted by Crippen LogP contribution is -2.12. The third-order valence-electron chi connectivity index (χ3n) is 3.85. The molecule has 25 heavy (non-hydrogen) atoms. The first-order valence-electron chi connectivity index (χ1n) is 7.54. The maximum Gasteiger partial charge on any atom is 0.266 e. The summed E-state index contributed by atoms with van der Waals surface area (Å²) in [6.45, 7) is 2.00. The average molecular weight is 352 g/mol. The molecule has 0 radical (unpaired) electrons. The fourth-order valence-electron chi connectivity index (χ4n) is 2.62. The molecule has 3 rings (SSSR count). The van der Waals surface area contributed by atoms with E-state index in [2.05, 4.69) is 4.98 Å². The first-order valence-corrected chi connectivity index (χ1v) is 8.35. The van der Waals surface area contributed by atoms with E-state index >= 15 is 0 Å². The topological polar surface area (TPSA) is 75.1 Å². The van der Waals surface area contributed by atoms with Crippen LogP contribution in [0.4, 0.5) is 0 Å². The van der Waals surface area contributed by atoms with Crippen LogP contribution < -0.4 is 15.0 Å². The number of benzene rings is 1. The Bertz CT molecular complexity index is 1030. The Hall–Kier alpha value is -3.04. The van der Waals surface area contributed by atoms with Gasteiger partial charge in [-0.05, 0) is 43.3 Å². The maximum absolute atomic E-state index is 12.5. The van der Waals surface area contributed by atoms with Crippen LogP contribution in [-0.4, -0.2) is 19.2 Å². The molecule has 0 saturated carbocycles. The van der Waals surface area contributed by atoms with Crippen LogP contribution in [0.2, 0.25) is 0 Å². The predicted octanol–water partition coefficient (Wildman–Crippen LogP) is 3.97. The standard InChI is InChI=1S/C19H16N2O3S/c1-11-4-7-18(25-11)16-9-13(15(10-20)19(22)21-16)14-8-12(23-2)5-6-17(14)24-3/h4-9H,1-3H3,(H,21,22). The van der Waals surface area contributed by atoms with Crippen molar-refractivity contribution in [3.63, 3.8) is 0 Å². The van der Waals surface area contributed by atoms with Crippen LogP contribution in [0.1, 0.15) is 10.4 Å². The smallest absolute Gasteiger partial charge is 0.266 e. The lowest BCUT2D eigenvalue weighted by molar-refractivity contribution is 0.404. The maximum atomic E-state index is 12.5. The number of aryl methyl sites for hydroxylation is 1. The van der Waals surface area contributed by atoms with Crippen molar-refractivity contribution in [2.24, 2.45) is 0 Å². The average Bonchev–Trinajstić information content (AvgIpc) is 3.06. The fourth-order valence-corrected chi connectivity index (χ4v) is 3.46. The minimum Gasteiger partial charge on any atom is -0.497 e. The second-order valence-electron chi connectivity index (χ2n) is 5.39. The molecule has 0 aliphatic heterocycles. The summed E-state index contributed by atoms with van der Waals surface area (Å²) in [5, 5.41) is 9.48. The van der Waals surface area contributed by atoms with E-state index in [0.717, 1.165) is 9.75 Å². The summed E-state index contributed by atoms with van der Waals surface area (Å²) in [6.07, 6.45) is 0. The van der Waals surface area contributed by atoms with E-state index < -0.39 is 5.56 Å². The van der Waals surface area contributed by atoms with E-state index in [1.807, 2.05) is 31.2 Å². The van der Waals surface area contributed by atoms with Crippen LogP contribution in [0.25, 0.3) is 21.7 Å². The van der Waals surface area contributed by atoms with Gasteiger partial charge in [0.15, 0.2) is 0 Å². The first kappa shape index (κ1) is 16.8. The van der Waals surface area contributed by atoms with Gasteiger partial charge in [-0.1, -0.05) is 0 Å². The summed E-state index contributed by atoms with van der Waals surface area (Å²) in [4.78, 5) is 17.3. The number of H-pyrrole nitrogens is 1. The molecule has 2 heterocycles. The number of pyridine rings is 1. The normalized spacial score (nSPS) is 10.3. The number of hydrogen-bond acceptors (Lipinski definition) is 5. The molecule has 1 N–H and O–H groups in total. The van der Waals surface area contributed by atoms with Gasteiger partial charge in [0, 0.05) is 16.0 Å². The molecule has 3 aromatic rings. The Morgan fingerprint density at radius 3 is 2.48 bits per heavy atom. The van der Waals surface area contributed by atoms with Crippen molar-refractivity contribution < 1.29 is 9.47 Å². The van der Waals surface area contributed by atoms with Crippen molar-refractivity contribution in [3.05, 3.63) is 57.2 Å². The highest BCUT2D eigenvalue weighted by Gasteiger charge is 2.17. The lowest BCUT2D eigenvalue weighted by Gasteiger charge is -2.12. The molecule has 0 fully saturated rings. The second kappa shape index (κ2) is 6.83. The van der Waals surface area contributed by atoms with Crippen molar-refractivity contribution in [1.82, 2.24) is 4.98 Å². The van der Waals surface area contributed by atoms with Crippen molar-refractivity contribution >= 4 is 11.3 Å². The SMILES string of the molecule is COc1ccc(OC)c(-c2cc(-c3ccc(C)s3)[nH]c(=O)c2C#N)c1. The summed E-state index contributed by atoms with van der Waals surface area (Å²) < 4.78 is 10.7. The van der Waals surface area contributed by atoms with Crippen LogP contribution in [0.3, 0.4) is 0 Å². The van der Waals surface area contributed by atoms with Crippen molar-refractivity contribution in [2.75, 3.05) is 14.2 Å². The Labute approximate surface area is 149 Å². The molecule has 0 spiro atoms. The zero-order valence-electron chi connectivity index (χ0n) is 14.0. The number of nitriles is 1. The number of ether oxygens (including phenoxy) is 2. The largest absolute Gasteiger partial charge is 0.497 e. The summed E-state index contributed by atoms with van der Waals surface area (Å²) in [5.74, 6) is 1.18. The Balaban J connectivity index is 2.30. The number of aromatic nitrogens is 1. The van der Waals surface area contributed by atoms with Crippen molar-refractivity contribution in [1.29, 1.82) is 5.26 Å². The van der Waals surface area contributed by atoms with Crippen molar-refractivity contribution in [2.45, 2.75) is 6.92 Å². The zero-order chi connectivity index (χ0) is 18.0. The lowest BCUT2D eigenvalue weighted by atomic mass is 9.99.